The smallest absolute Gasteiger partial charge is 0.288 e. The number of carbonyl (C=O) groups is 1. The molecule has 5 nitrogen and oxygen atoms in total. The molecule has 1 heterocycles. The molecule has 1 aliphatic heterocycles. The summed E-state index contributed by atoms with van der Waals surface area (Å²) in [6.45, 7) is 1.57. The molecule has 132 valence electrons. The molecule has 2 aromatic rings. The van der Waals surface area contributed by atoms with E-state index in [4.69, 9.17) is 11.6 Å². The molecule has 1 aliphatic carbocycles. The predicted molar refractivity (Wildman–Crippen MR) is 101 cm³/mol. The van der Waals surface area contributed by atoms with Gasteiger partial charge in [-0.2, -0.15) is 0 Å². The Labute approximate surface area is 155 Å². The van der Waals surface area contributed by atoms with Crippen LogP contribution in [0.25, 0.3) is 0 Å². The lowest BCUT2D eigenvalue weighted by atomic mass is 9.76. The number of nitro groups is 1. The standard InChI is InChI=1S/C20H17ClN2O3/c1-11(24)12-6-8-18-16(9-12)14-3-2-4-15(14)20(22-18)13-5-7-17(21)19(10-13)23(25)26/h2-3,5-10,14-15,20,22H,4H2,1H3/t14-,15-,20-/m1/s1. The summed E-state index contributed by atoms with van der Waals surface area (Å²) >= 11 is 5.96. The lowest BCUT2D eigenvalue weighted by molar-refractivity contribution is -0.384. The molecule has 0 saturated heterocycles. The van der Waals surface area contributed by atoms with Gasteiger partial charge in [-0.05, 0) is 54.7 Å². The van der Waals surface area contributed by atoms with Gasteiger partial charge < -0.3 is 5.32 Å². The zero-order valence-corrected chi connectivity index (χ0v) is 14.9. The molecule has 0 saturated carbocycles. The van der Waals surface area contributed by atoms with Crippen LogP contribution in [-0.4, -0.2) is 10.7 Å². The number of halogens is 1. The molecule has 1 N–H and O–H groups in total. The van der Waals surface area contributed by atoms with Gasteiger partial charge in [0.05, 0.1) is 11.0 Å². The van der Waals surface area contributed by atoms with Crippen molar-refractivity contribution in [2.24, 2.45) is 5.92 Å². The molecule has 0 aromatic heterocycles. The summed E-state index contributed by atoms with van der Waals surface area (Å²) in [6.07, 6.45) is 5.19. The van der Waals surface area contributed by atoms with Gasteiger partial charge in [-0.15, -0.1) is 0 Å². The fraction of sp³-hybridized carbons (Fsp3) is 0.250. The molecule has 3 atom stereocenters. The zero-order valence-electron chi connectivity index (χ0n) is 14.1. The van der Waals surface area contributed by atoms with Crippen LogP contribution in [0.4, 0.5) is 11.4 Å². The van der Waals surface area contributed by atoms with Gasteiger partial charge in [0, 0.05) is 23.2 Å². The van der Waals surface area contributed by atoms with Crippen LogP contribution >= 0.6 is 11.6 Å². The third-order valence-electron chi connectivity index (χ3n) is 5.30. The van der Waals surface area contributed by atoms with E-state index in [1.807, 2.05) is 24.3 Å². The largest absolute Gasteiger partial charge is 0.378 e. The van der Waals surface area contributed by atoms with Crippen molar-refractivity contribution in [3.05, 3.63) is 80.4 Å². The van der Waals surface area contributed by atoms with Gasteiger partial charge in [-0.25, -0.2) is 0 Å². The Bertz CT molecular complexity index is 954. The van der Waals surface area contributed by atoms with Crippen LogP contribution in [0.2, 0.25) is 5.02 Å². The van der Waals surface area contributed by atoms with Crippen molar-refractivity contribution in [1.29, 1.82) is 0 Å². The summed E-state index contributed by atoms with van der Waals surface area (Å²) in [6, 6.07) is 10.6. The van der Waals surface area contributed by atoms with Gasteiger partial charge in [-0.1, -0.05) is 29.8 Å². The van der Waals surface area contributed by atoms with Crippen molar-refractivity contribution in [2.45, 2.75) is 25.3 Å². The first kappa shape index (κ1) is 16.8. The monoisotopic (exact) mass is 368 g/mol. The van der Waals surface area contributed by atoms with Gasteiger partial charge in [0.1, 0.15) is 5.02 Å². The molecule has 0 amide bonds. The molecule has 6 heteroatoms. The number of nitrogens with zero attached hydrogens (tertiary/aromatic N) is 1. The second-order valence-electron chi connectivity index (χ2n) is 6.80. The zero-order chi connectivity index (χ0) is 18.4. The summed E-state index contributed by atoms with van der Waals surface area (Å²) in [5.41, 5.74) is 3.54. The lowest BCUT2D eigenvalue weighted by Gasteiger charge is -2.37. The summed E-state index contributed by atoms with van der Waals surface area (Å²) in [4.78, 5) is 22.5. The molecule has 2 aliphatic rings. The Morgan fingerprint density at radius 3 is 2.81 bits per heavy atom. The van der Waals surface area contributed by atoms with E-state index < -0.39 is 4.92 Å². The number of hydrogen-bond donors (Lipinski definition) is 1. The average Bonchev–Trinajstić information content (AvgIpc) is 3.11. The number of allylic oxidation sites excluding steroid dienone is 2. The maximum atomic E-state index is 11.7. The fourth-order valence-corrected chi connectivity index (χ4v) is 4.19. The van der Waals surface area contributed by atoms with E-state index in [0.717, 1.165) is 23.2 Å². The predicted octanol–water partition coefficient (Wildman–Crippen LogP) is 5.28. The lowest BCUT2D eigenvalue weighted by Crippen LogP contribution is -2.29. The SMILES string of the molecule is CC(=O)c1ccc2c(c1)[C@@H]1C=CC[C@H]1[C@@H](c1ccc(Cl)c([N+](=O)[O-])c1)N2. The van der Waals surface area contributed by atoms with Crippen LogP contribution in [0, 0.1) is 16.0 Å². The van der Waals surface area contributed by atoms with Gasteiger partial charge >= 0.3 is 0 Å². The van der Waals surface area contributed by atoms with Crippen LogP contribution in [-0.2, 0) is 0 Å². The maximum absolute atomic E-state index is 11.7. The number of benzene rings is 2. The fourth-order valence-electron chi connectivity index (χ4n) is 4.01. The molecule has 0 spiro atoms. The highest BCUT2D eigenvalue weighted by molar-refractivity contribution is 6.32. The van der Waals surface area contributed by atoms with Crippen molar-refractivity contribution in [3.8, 4) is 0 Å². The number of ketones is 1. The minimum atomic E-state index is -0.452. The van der Waals surface area contributed by atoms with Crippen LogP contribution in [0.3, 0.4) is 0 Å². The van der Waals surface area contributed by atoms with Gasteiger partial charge in [0.25, 0.3) is 5.69 Å². The van der Waals surface area contributed by atoms with Crippen LogP contribution in [0.1, 0.15) is 46.8 Å². The van der Waals surface area contributed by atoms with Crippen molar-refractivity contribution < 1.29 is 9.72 Å². The molecule has 0 bridgehead atoms. The summed E-state index contributed by atoms with van der Waals surface area (Å²) in [7, 11) is 0. The van der Waals surface area contributed by atoms with E-state index in [0.29, 0.717) is 5.56 Å². The minimum absolute atomic E-state index is 0.0433. The first-order valence-corrected chi connectivity index (χ1v) is 8.85. The maximum Gasteiger partial charge on any atom is 0.288 e. The Hall–Kier alpha value is -2.66. The van der Waals surface area contributed by atoms with Gasteiger partial charge in [0.2, 0.25) is 0 Å². The van der Waals surface area contributed by atoms with E-state index in [-0.39, 0.29) is 34.4 Å². The van der Waals surface area contributed by atoms with Crippen molar-refractivity contribution in [2.75, 3.05) is 5.32 Å². The summed E-state index contributed by atoms with van der Waals surface area (Å²) < 4.78 is 0. The third kappa shape index (κ3) is 2.69. The van der Waals surface area contributed by atoms with Crippen molar-refractivity contribution in [1.82, 2.24) is 0 Å². The first-order valence-electron chi connectivity index (χ1n) is 8.47. The second kappa shape index (κ2) is 6.25. The molecule has 0 unspecified atom stereocenters. The summed E-state index contributed by atoms with van der Waals surface area (Å²) in [5, 5.41) is 14.9. The molecular formula is C20H17ClN2O3. The number of Topliss-reactive ketones (excluding diaryl/α,β-unsaturated/α-hetero) is 1. The normalized spacial score (nSPS) is 23.1. The van der Waals surface area contributed by atoms with Crippen molar-refractivity contribution >= 4 is 28.8 Å². The van der Waals surface area contributed by atoms with E-state index >= 15 is 0 Å². The number of nitrogens with one attached hydrogen (secondary N) is 1. The Kier molecular flexibility index (Phi) is 4.04. The topological polar surface area (TPSA) is 72.2 Å². The van der Waals surface area contributed by atoms with Crippen molar-refractivity contribution in [3.63, 3.8) is 0 Å². The van der Waals surface area contributed by atoms with E-state index in [9.17, 15) is 14.9 Å². The average molecular weight is 369 g/mol. The highest BCUT2D eigenvalue weighted by Crippen LogP contribution is 2.50. The number of anilines is 1. The van der Waals surface area contributed by atoms with E-state index in [1.165, 1.54) is 0 Å². The number of carbonyl (C=O) groups excluding carboxylic acids is 1. The Morgan fingerprint density at radius 1 is 1.27 bits per heavy atom. The molecule has 26 heavy (non-hydrogen) atoms. The van der Waals surface area contributed by atoms with Gasteiger partial charge in [-0.3, -0.25) is 14.9 Å². The van der Waals surface area contributed by atoms with Gasteiger partial charge in [0.15, 0.2) is 5.78 Å². The van der Waals surface area contributed by atoms with Crippen LogP contribution in [0.5, 0.6) is 0 Å². The second-order valence-corrected chi connectivity index (χ2v) is 7.21. The third-order valence-corrected chi connectivity index (χ3v) is 5.61. The molecule has 2 aromatic carbocycles. The summed E-state index contributed by atoms with van der Waals surface area (Å²) in [5.74, 6) is 0.470. The van der Waals surface area contributed by atoms with E-state index in [2.05, 4.69) is 17.5 Å². The van der Waals surface area contributed by atoms with Crippen LogP contribution in [0.15, 0.2) is 48.6 Å². The highest BCUT2D eigenvalue weighted by Gasteiger charge is 2.38. The van der Waals surface area contributed by atoms with E-state index in [1.54, 1.807) is 19.1 Å². The highest BCUT2D eigenvalue weighted by atomic mass is 35.5. The number of rotatable bonds is 3. The van der Waals surface area contributed by atoms with Crippen LogP contribution < -0.4 is 5.32 Å². The Balaban J connectivity index is 1.78. The molecule has 0 radical (unpaired) electrons. The Morgan fingerprint density at radius 2 is 2.08 bits per heavy atom. The first-order chi connectivity index (χ1) is 12.5. The molecule has 4 rings (SSSR count). The molecular weight excluding hydrogens is 352 g/mol. The quantitative estimate of drug-likeness (QED) is 0.346. The molecule has 0 fully saturated rings. The number of fused-ring (bicyclic) bond motifs is 3. The number of hydrogen-bond acceptors (Lipinski definition) is 4. The minimum Gasteiger partial charge on any atom is -0.378 e. The number of nitro benzene ring substituents is 1.